The fourth-order valence-electron chi connectivity index (χ4n) is 6.67. The van der Waals surface area contributed by atoms with Gasteiger partial charge in [-0.15, -0.1) is 0 Å². The molecule has 6 rings (SSSR count). The molecule has 0 heterocycles. The van der Waals surface area contributed by atoms with E-state index < -0.39 is 61.5 Å². The maximum atomic E-state index is 12.4. The van der Waals surface area contributed by atoms with E-state index in [1.165, 1.54) is 20.9 Å². The summed E-state index contributed by atoms with van der Waals surface area (Å²) in [6.45, 7) is 18.1. The van der Waals surface area contributed by atoms with Crippen LogP contribution in [0, 0.1) is 0 Å². The molecule has 0 atom stereocenters. The number of amides is 4. The molecule has 580 valence electrons. The molecule has 0 aliphatic carbocycles. The first kappa shape index (κ1) is 107. The van der Waals surface area contributed by atoms with Gasteiger partial charge >= 0.3 is 55.0 Å². The molecular weight excluding hydrogens is 1870 g/mol. The molecule has 0 bridgehead atoms. The van der Waals surface area contributed by atoms with Crippen LogP contribution >= 0.6 is 135 Å². The average molecular weight is 1970 g/mol. The van der Waals surface area contributed by atoms with Crippen LogP contribution in [0.3, 0.4) is 0 Å². The summed E-state index contributed by atoms with van der Waals surface area (Å²) in [7, 11) is -1.53. The third kappa shape index (κ3) is 65.0. The molecule has 0 spiro atoms. The van der Waals surface area contributed by atoms with E-state index in [0.717, 1.165) is 49.7 Å². The Morgan fingerprint density at radius 1 is 0.481 bits per heavy atom. The normalized spacial score (nSPS) is 10.2. The van der Waals surface area contributed by atoms with Crippen LogP contribution in [0.1, 0.15) is 134 Å². The minimum Gasteiger partial charge on any atom is -1.00 e. The van der Waals surface area contributed by atoms with E-state index in [1.54, 1.807) is 69.3 Å². The van der Waals surface area contributed by atoms with E-state index in [4.69, 9.17) is 59.3 Å². The third-order valence-corrected chi connectivity index (χ3v) is 15.8. The van der Waals surface area contributed by atoms with Crippen LogP contribution < -0.4 is 61.5 Å². The third-order valence-electron chi connectivity index (χ3n) is 11.5. The minimum absolute atomic E-state index is 0. The molecule has 0 unspecified atom stereocenters. The topological polar surface area (TPSA) is 231 Å². The Morgan fingerprint density at radius 3 is 1.05 bits per heavy atom. The zero-order chi connectivity index (χ0) is 78.8. The molecule has 0 aliphatic rings. The second kappa shape index (κ2) is 65.9. The summed E-state index contributed by atoms with van der Waals surface area (Å²) in [5.74, 6) is -0.396. The van der Waals surface area contributed by atoms with Crippen molar-refractivity contribution in [3.8, 4) is 0 Å². The number of nitrogens with one attached hydrogen (secondary N) is 3. The number of hydrogen-bond acceptors (Lipinski definition) is 12. The van der Waals surface area contributed by atoms with Crippen molar-refractivity contribution in [2.75, 3.05) is 64.9 Å². The van der Waals surface area contributed by atoms with Gasteiger partial charge in [0.05, 0.1) is 33.4 Å². The van der Waals surface area contributed by atoms with Crippen LogP contribution in [0.25, 0.3) is 0 Å². The van der Waals surface area contributed by atoms with Crippen LogP contribution in [0.15, 0.2) is 168 Å². The summed E-state index contributed by atoms with van der Waals surface area (Å²) < 4.78 is 78.8. The maximum Gasteiger partial charge on any atom is 1.00 e. The zero-order valence-electron chi connectivity index (χ0n) is 61.7. The summed E-state index contributed by atoms with van der Waals surface area (Å²) in [6.07, 6.45) is 0.909. The van der Waals surface area contributed by atoms with E-state index in [-0.39, 0.29) is 70.5 Å². The van der Waals surface area contributed by atoms with Crippen molar-refractivity contribution in [3.63, 3.8) is 0 Å². The molecule has 9 N–H and O–H groups in total. The Morgan fingerprint density at radius 2 is 0.788 bits per heavy atom. The van der Waals surface area contributed by atoms with Gasteiger partial charge in [-0.25, -0.2) is 24.1 Å². The molecule has 0 radical (unpaired) electrons. The fourth-order valence-corrected chi connectivity index (χ4v) is 8.84. The Hall–Kier alpha value is -2.95. The first-order chi connectivity index (χ1) is 48.5. The zero-order valence-corrected chi connectivity index (χ0v) is 75.3. The van der Waals surface area contributed by atoms with Crippen molar-refractivity contribution >= 4 is 172 Å². The van der Waals surface area contributed by atoms with Crippen LogP contribution in [0.4, 0.5) is 36.3 Å². The molecule has 4 amide bonds. The number of alkyl carbamates (subject to hydrolysis) is 1. The predicted octanol–water partition coefficient (Wildman–Crippen LogP) is 17.3. The fraction of sp³-hybridized carbons (Fsp3) is 0.444. The van der Waals surface area contributed by atoms with Crippen molar-refractivity contribution in [1.82, 2.24) is 24.8 Å². The molecule has 0 fully saturated rings. The summed E-state index contributed by atoms with van der Waals surface area (Å²) in [5.41, 5.74) is 15.0. The Labute approximate surface area is 706 Å². The van der Waals surface area contributed by atoms with Crippen LogP contribution in [0.5, 0.6) is 0 Å². The largest absolute Gasteiger partial charge is 1.00 e. The van der Waals surface area contributed by atoms with Gasteiger partial charge < -0.3 is 52.3 Å². The van der Waals surface area contributed by atoms with Gasteiger partial charge in [-0.3, -0.25) is 26.7 Å². The van der Waals surface area contributed by atoms with E-state index >= 15 is 0 Å². The first-order valence-electron chi connectivity index (χ1n) is 32.2. The minimum atomic E-state index is -1.53. The van der Waals surface area contributed by atoms with Crippen molar-refractivity contribution in [2.45, 2.75) is 143 Å². The van der Waals surface area contributed by atoms with Crippen molar-refractivity contribution in [3.05, 3.63) is 201 Å². The molecule has 16 nitrogen and oxygen atoms in total. The Kier molecular flexibility index (Phi) is 68.1. The SMILES string of the molecule is BrCc1ccc(Br)cc1.CC(C)(C)OC(=O)N(CCCF)Cc1ccc(B(O)O)cc1.CC(C)(C)OC(=O)N(CCCF)Cc1ccc(Br)cc1.CC(C)(C)OC(=O)NCc1ccc(Br)cc1.FCCCBr.FCCCNCl.FCCCNCl.NC(=O)c1ccc(Br)cc1.NCc1ccc(Br)cc1.[H-].[Na+]. The standard InChI is InChI=1S/C15H23BFNO4.C15H21BrFNO2.C12H16BrNO2.C7H6Br2.C7H6BrNO.C7H8BrN.C3H6BrF.2C3H7ClFN.Na.H/c1-15(2,3)22-14(19)18(10-4-9-17)11-12-5-7-13(8-6-12)16(20)21;1-15(2,3)20-14(19)18(10-4-9-17)11-12-5-7-13(16)8-6-12;1-12(2,3)16-11(15)14-8-9-4-6-10(13)7-5-9;8-5-6-1-3-7(9)4-2-6;8-6-3-1-5(2-4-6)7(9)10;8-7-3-1-6(5-9)2-4-7;4-2-1-3-5;2*4-6-3-1-2-5;;/h5-8,20-21H,4,9-11H2,1-3H3;5-8H,4,9-11H2,1-3H3;4-7H,8H2,1-3H3,(H,14,15);1-4H,5H2;1-4H,(H2,9,10);1-4H,5,9H2;1-3H2;2*6H,1-3H2;;/q;;;;;;;;;+1;-1. The number of halogens is 14. The van der Waals surface area contributed by atoms with Crippen LogP contribution in [-0.4, -0.2) is 133 Å². The number of carbonyl (C=O) groups is 4. The number of carbonyl (C=O) groups excluding carboxylic acids is 4. The number of ether oxygens (including phenoxy) is 3. The smallest absolute Gasteiger partial charge is 1.00 e. The van der Waals surface area contributed by atoms with Gasteiger partial charge in [0.1, 0.15) is 16.8 Å². The van der Waals surface area contributed by atoms with E-state index in [1.807, 2.05) is 126 Å². The summed E-state index contributed by atoms with van der Waals surface area (Å²) >= 11 is 33.0. The van der Waals surface area contributed by atoms with E-state index in [0.29, 0.717) is 76.0 Å². The van der Waals surface area contributed by atoms with Gasteiger partial charge in [0.25, 0.3) is 0 Å². The quantitative estimate of drug-likeness (QED) is 0.00749. The molecule has 6 aromatic carbocycles. The maximum absolute atomic E-state index is 12.4. The van der Waals surface area contributed by atoms with Gasteiger partial charge in [-0.05, 0) is 224 Å². The Balaban J connectivity index is -0.000000371. The Bertz CT molecular complexity index is 3060. The van der Waals surface area contributed by atoms with Crippen molar-refractivity contribution < 1.29 is 96.4 Å². The molecule has 6 aromatic rings. The summed E-state index contributed by atoms with van der Waals surface area (Å²) in [5, 5.41) is 22.5. The second-order valence-corrected chi connectivity index (χ2v) is 30.6. The van der Waals surface area contributed by atoms with E-state index in [9.17, 15) is 41.1 Å². The van der Waals surface area contributed by atoms with Crippen molar-refractivity contribution in [1.29, 1.82) is 0 Å². The molecule has 0 saturated heterocycles. The van der Waals surface area contributed by atoms with Gasteiger partial charge in [-0.2, -0.15) is 0 Å². The van der Waals surface area contributed by atoms with Gasteiger partial charge in [0.15, 0.2) is 0 Å². The molecular formula is C72H101BBr7Cl2F5N7NaO9. The second-order valence-electron chi connectivity index (χ2n) is 24.2. The first-order valence-corrected chi connectivity index (χ1v) is 39.2. The van der Waals surface area contributed by atoms with Crippen LogP contribution in [-0.2, 0) is 45.7 Å². The number of hydrogen-bond donors (Lipinski definition) is 7. The summed E-state index contributed by atoms with van der Waals surface area (Å²) in [4.78, 5) is 53.7. The van der Waals surface area contributed by atoms with Crippen LogP contribution in [0.2, 0.25) is 0 Å². The molecule has 0 saturated carbocycles. The van der Waals surface area contributed by atoms with Gasteiger partial charge in [0.2, 0.25) is 5.91 Å². The van der Waals surface area contributed by atoms with Crippen molar-refractivity contribution in [2.24, 2.45) is 11.5 Å². The summed E-state index contributed by atoms with van der Waals surface area (Å²) in [6, 6.07) is 45.1. The number of primary amides is 1. The van der Waals surface area contributed by atoms with Gasteiger partial charge in [-0.1, -0.05) is 184 Å². The number of nitrogens with zero attached hydrogens (tertiary/aromatic N) is 2. The molecule has 0 aliphatic heterocycles. The van der Waals surface area contributed by atoms with E-state index in [2.05, 4.69) is 139 Å². The number of rotatable bonds is 24. The number of alkyl halides is 7. The number of nitrogens with two attached hydrogens (primary N) is 2. The molecule has 104 heavy (non-hydrogen) atoms. The molecule has 32 heteroatoms. The molecule has 0 aromatic heterocycles. The monoisotopic (exact) mass is 1960 g/mol. The van der Waals surface area contributed by atoms with Gasteiger partial charge in [0, 0.05) is 90.9 Å². The predicted molar refractivity (Wildman–Crippen MR) is 438 cm³/mol. The number of benzene rings is 6. The average Bonchev–Trinajstić information content (AvgIpc) is 0.878.